The van der Waals surface area contributed by atoms with Crippen LogP contribution in [0.25, 0.3) is 0 Å². The molecular formula is C15H20ClN3. The van der Waals surface area contributed by atoms with Gasteiger partial charge in [0.25, 0.3) is 0 Å². The van der Waals surface area contributed by atoms with Crippen LogP contribution in [0, 0.1) is 0 Å². The number of hydrogen-bond donors (Lipinski definition) is 1. The van der Waals surface area contributed by atoms with Gasteiger partial charge < -0.3 is 9.88 Å². The minimum absolute atomic E-state index is 0.367. The highest BCUT2D eigenvalue weighted by molar-refractivity contribution is 6.30. The molecule has 0 saturated carbocycles. The number of likely N-dealkylation sites (N-methyl/N-ethyl adjacent to an activating group) is 1. The number of imidazole rings is 1. The van der Waals surface area contributed by atoms with Gasteiger partial charge in [0.1, 0.15) is 5.82 Å². The topological polar surface area (TPSA) is 29.9 Å². The van der Waals surface area contributed by atoms with Crippen LogP contribution in [-0.2, 0) is 19.4 Å². The smallest absolute Gasteiger partial charge is 0.110 e. The standard InChI is InChI=1S/C15H20ClN3/c1-3-19-8-7-18-15(19)11-14(17-2)10-12-5-4-6-13(16)9-12/h4-9,14,17H,3,10-11H2,1-2H3. The molecule has 0 spiro atoms. The minimum Gasteiger partial charge on any atom is -0.335 e. The largest absolute Gasteiger partial charge is 0.335 e. The van der Waals surface area contributed by atoms with E-state index in [4.69, 9.17) is 11.6 Å². The maximum atomic E-state index is 6.03. The fraction of sp³-hybridized carbons (Fsp3) is 0.400. The lowest BCUT2D eigenvalue weighted by molar-refractivity contribution is 0.527. The van der Waals surface area contributed by atoms with Crippen molar-refractivity contribution < 1.29 is 0 Å². The molecule has 1 aromatic carbocycles. The zero-order chi connectivity index (χ0) is 13.7. The molecule has 0 bridgehead atoms. The molecule has 1 aromatic heterocycles. The van der Waals surface area contributed by atoms with Crippen molar-refractivity contribution in [3.05, 3.63) is 53.1 Å². The molecule has 2 aromatic rings. The number of aromatic nitrogens is 2. The Labute approximate surface area is 119 Å². The van der Waals surface area contributed by atoms with Gasteiger partial charge in [-0.15, -0.1) is 0 Å². The van der Waals surface area contributed by atoms with E-state index >= 15 is 0 Å². The first-order valence-electron chi connectivity index (χ1n) is 6.64. The van der Waals surface area contributed by atoms with Crippen LogP contribution in [0.15, 0.2) is 36.7 Å². The van der Waals surface area contributed by atoms with Crippen LogP contribution < -0.4 is 5.32 Å². The fourth-order valence-corrected chi connectivity index (χ4v) is 2.48. The molecular weight excluding hydrogens is 258 g/mol. The number of hydrogen-bond acceptors (Lipinski definition) is 2. The van der Waals surface area contributed by atoms with Gasteiger partial charge in [-0.05, 0) is 38.1 Å². The summed E-state index contributed by atoms with van der Waals surface area (Å²) in [5.74, 6) is 1.13. The summed E-state index contributed by atoms with van der Waals surface area (Å²) >= 11 is 6.03. The lowest BCUT2D eigenvalue weighted by Crippen LogP contribution is -2.31. The highest BCUT2D eigenvalue weighted by Crippen LogP contribution is 2.13. The van der Waals surface area contributed by atoms with Gasteiger partial charge >= 0.3 is 0 Å². The van der Waals surface area contributed by atoms with E-state index in [9.17, 15) is 0 Å². The van der Waals surface area contributed by atoms with Gasteiger partial charge in [-0.1, -0.05) is 23.7 Å². The predicted molar refractivity (Wildman–Crippen MR) is 79.6 cm³/mol. The fourth-order valence-electron chi connectivity index (χ4n) is 2.26. The summed E-state index contributed by atoms with van der Waals surface area (Å²) in [7, 11) is 1.99. The Hall–Kier alpha value is -1.32. The third-order valence-electron chi connectivity index (χ3n) is 3.35. The molecule has 0 aliphatic heterocycles. The average Bonchev–Trinajstić information content (AvgIpc) is 2.85. The maximum absolute atomic E-state index is 6.03. The molecule has 102 valence electrons. The van der Waals surface area contributed by atoms with Crippen molar-refractivity contribution in [1.29, 1.82) is 0 Å². The highest BCUT2D eigenvalue weighted by Gasteiger charge is 2.12. The summed E-state index contributed by atoms with van der Waals surface area (Å²) in [5, 5.41) is 4.16. The summed E-state index contributed by atoms with van der Waals surface area (Å²) in [4.78, 5) is 4.43. The number of benzene rings is 1. The molecule has 2 rings (SSSR count). The Morgan fingerprint density at radius 2 is 2.21 bits per heavy atom. The van der Waals surface area contributed by atoms with Crippen LogP contribution >= 0.6 is 11.6 Å². The lowest BCUT2D eigenvalue weighted by atomic mass is 10.0. The highest BCUT2D eigenvalue weighted by atomic mass is 35.5. The molecule has 0 amide bonds. The SMILES string of the molecule is CCn1ccnc1CC(Cc1cccc(Cl)c1)NC. The van der Waals surface area contributed by atoms with E-state index < -0.39 is 0 Å². The maximum Gasteiger partial charge on any atom is 0.110 e. The number of halogens is 1. The second kappa shape index (κ2) is 6.73. The number of rotatable bonds is 6. The third kappa shape index (κ3) is 3.82. The van der Waals surface area contributed by atoms with Gasteiger partial charge in [0.2, 0.25) is 0 Å². The van der Waals surface area contributed by atoms with Crippen molar-refractivity contribution in [3.63, 3.8) is 0 Å². The molecule has 1 atom stereocenters. The summed E-state index contributed by atoms with van der Waals surface area (Å²) in [6.45, 7) is 3.10. The molecule has 0 aliphatic rings. The molecule has 0 saturated heterocycles. The van der Waals surface area contributed by atoms with Gasteiger partial charge in [-0.25, -0.2) is 4.98 Å². The molecule has 0 aliphatic carbocycles. The summed E-state index contributed by atoms with van der Waals surface area (Å²) in [6.07, 6.45) is 5.77. The number of nitrogens with zero attached hydrogens (tertiary/aromatic N) is 2. The number of nitrogens with one attached hydrogen (secondary N) is 1. The zero-order valence-electron chi connectivity index (χ0n) is 11.4. The Morgan fingerprint density at radius 1 is 1.37 bits per heavy atom. The van der Waals surface area contributed by atoms with E-state index in [1.807, 2.05) is 37.6 Å². The Morgan fingerprint density at radius 3 is 2.89 bits per heavy atom. The van der Waals surface area contributed by atoms with Gasteiger partial charge in [0, 0.05) is 36.4 Å². The van der Waals surface area contributed by atoms with E-state index in [1.54, 1.807) is 0 Å². The van der Waals surface area contributed by atoms with Crippen molar-refractivity contribution in [1.82, 2.24) is 14.9 Å². The van der Waals surface area contributed by atoms with Crippen molar-refractivity contribution in [2.45, 2.75) is 32.4 Å². The van der Waals surface area contributed by atoms with Crippen LogP contribution in [0.4, 0.5) is 0 Å². The van der Waals surface area contributed by atoms with Crippen molar-refractivity contribution >= 4 is 11.6 Å². The first kappa shape index (κ1) is 14.1. The van der Waals surface area contributed by atoms with Gasteiger partial charge in [-0.3, -0.25) is 0 Å². The third-order valence-corrected chi connectivity index (χ3v) is 3.59. The lowest BCUT2D eigenvalue weighted by Gasteiger charge is -2.16. The van der Waals surface area contributed by atoms with Gasteiger partial charge in [0.15, 0.2) is 0 Å². The van der Waals surface area contributed by atoms with Crippen LogP contribution in [0.5, 0.6) is 0 Å². The Balaban J connectivity index is 2.04. The first-order chi connectivity index (χ1) is 9.22. The molecule has 0 radical (unpaired) electrons. The molecule has 19 heavy (non-hydrogen) atoms. The van der Waals surface area contributed by atoms with E-state index in [1.165, 1.54) is 5.56 Å². The van der Waals surface area contributed by atoms with Crippen molar-refractivity contribution in [2.75, 3.05) is 7.05 Å². The minimum atomic E-state index is 0.367. The Kier molecular flexibility index (Phi) is 5.00. The molecule has 3 nitrogen and oxygen atoms in total. The molecule has 0 fully saturated rings. The van der Waals surface area contributed by atoms with Crippen LogP contribution in [0.2, 0.25) is 5.02 Å². The van der Waals surface area contributed by atoms with Crippen LogP contribution in [-0.4, -0.2) is 22.6 Å². The van der Waals surface area contributed by atoms with Crippen molar-refractivity contribution in [3.8, 4) is 0 Å². The quantitative estimate of drug-likeness (QED) is 0.880. The molecule has 1 unspecified atom stereocenters. The van der Waals surface area contributed by atoms with E-state index in [2.05, 4.69) is 27.9 Å². The van der Waals surface area contributed by atoms with Crippen LogP contribution in [0.1, 0.15) is 18.3 Å². The van der Waals surface area contributed by atoms with Crippen LogP contribution in [0.3, 0.4) is 0 Å². The molecule has 4 heteroatoms. The zero-order valence-corrected chi connectivity index (χ0v) is 12.2. The molecule has 1 heterocycles. The van der Waals surface area contributed by atoms with E-state index in [0.29, 0.717) is 6.04 Å². The summed E-state index contributed by atoms with van der Waals surface area (Å²) < 4.78 is 2.18. The number of aryl methyl sites for hydroxylation is 1. The van der Waals surface area contributed by atoms with Gasteiger partial charge in [0.05, 0.1) is 0 Å². The van der Waals surface area contributed by atoms with Gasteiger partial charge in [-0.2, -0.15) is 0 Å². The predicted octanol–water partition coefficient (Wildman–Crippen LogP) is 2.93. The average molecular weight is 278 g/mol. The van der Waals surface area contributed by atoms with Crippen molar-refractivity contribution in [2.24, 2.45) is 0 Å². The second-order valence-corrected chi connectivity index (χ2v) is 5.09. The summed E-state index contributed by atoms with van der Waals surface area (Å²) in [6, 6.07) is 8.41. The van der Waals surface area contributed by atoms with E-state index in [0.717, 1.165) is 30.2 Å². The first-order valence-corrected chi connectivity index (χ1v) is 7.02. The monoisotopic (exact) mass is 277 g/mol. The normalized spacial score (nSPS) is 12.6. The molecule has 1 N–H and O–H groups in total. The van der Waals surface area contributed by atoms with E-state index in [-0.39, 0.29) is 0 Å². The summed E-state index contributed by atoms with van der Waals surface area (Å²) in [5.41, 5.74) is 1.25. The second-order valence-electron chi connectivity index (χ2n) is 4.65. The Bertz CT molecular complexity index is 522.